The van der Waals surface area contributed by atoms with E-state index in [1.54, 1.807) is 39.8 Å². The van der Waals surface area contributed by atoms with Gasteiger partial charge in [0.25, 0.3) is 0 Å². The van der Waals surface area contributed by atoms with Gasteiger partial charge in [-0.2, -0.15) is 0 Å². The van der Waals surface area contributed by atoms with Gasteiger partial charge in [0.2, 0.25) is 0 Å². The molecule has 2 rings (SSSR count). The number of amides is 1. The molecule has 0 saturated carbocycles. The van der Waals surface area contributed by atoms with E-state index in [1.165, 1.54) is 6.07 Å². The first-order valence-electron chi connectivity index (χ1n) is 11.2. The standard InChI is InChI=1S/C25H35NO6/c1-8-10-11-17-14-20(27)31-22-16(4)19(13-12-18(17)22)30-23(28)21(15(3)9-2)26-24(29)32-25(5,6)7/h12-15,21H,8-11H2,1-7H3,(H,26,29). The molecule has 1 heterocycles. The van der Waals surface area contributed by atoms with E-state index in [-0.39, 0.29) is 11.7 Å². The van der Waals surface area contributed by atoms with Gasteiger partial charge in [0, 0.05) is 17.0 Å². The van der Waals surface area contributed by atoms with E-state index >= 15 is 0 Å². The SMILES string of the molecule is CCCCc1cc(=O)oc2c(C)c(OC(=O)C(NC(=O)OC(C)(C)C)C(C)CC)ccc12. The maximum Gasteiger partial charge on any atom is 0.408 e. The number of ether oxygens (including phenoxy) is 2. The van der Waals surface area contributed by atoms with Crippen molar-refractivity contribution in [2.45, 2.75) is 85.8 Å². The van der Waals surface area contributed by atoms with Crippen molar-refractivity contribution in [1.82, 2.24) is 5.32 Å². The van der Waals surface area contributed by atoms with Crippen LogP contribution in [0.25, 0.3) is 11.0 Å². The van der Waals surface area contributed by atoms with Crippen LogP contribution in [0.2, 0.25) is 0 Å². The lowest BCUT2D eigenvalue weighted by Gasteiger charge is -2.25. The van der Waals surface area contributed by atoms with E-state index < -0.39 is 29.3 Å². The molecular formula is C25H35NO6. The minimum absolute atomic E-state index is 0.172. The van der Waals surface area contributed by atoms with Gasteiger partial charge in [-0.3, -0.25) is 0 Å². The third-order valence-corrected chi connectivity index (χ3v) is 5.35. The Kier molecular flexibility index (Phi) is 8.47. The Morgan fingerprint density at radius 1 is 1.19 bits per heavy atom. The number of alkyl carbamates (subject to hydrolysis) is 1. The third kappa shape index (κ3) is 6.58. The number of carbonyl (C=O) groups is 2. The number of fused-ring (bicyclic) bond motifs is 1. The predicted octanol–water partition coefficient (Wildman–Crippen LogP) is 5.29. The quantitative estimate of drug-likeness (QED) is 0.337. The van der Waals surface area contributed by atoms with Crippen LogP contribution >= 0.6 is 0 Å². The molecule has 1 amide bonds. The molecule has 0 radical (unpaired) electrons. The summed E-state index contributed by atoms with van der Waals surface area (Å²) in [6.45, 7) is 12.9. The number of carbonyl (C=O) groups excluding carboxylic acids is 2. The summed E-state index contributed by atoms with van der Waals surface area (Å²) in [7, 11) is 0. The van der Waals surface area contributed by atoms with Gasteiger partial charge in [0.05, 0.1) is 0 Å². The van der Waals surface area contributed by atoms with Crippen molar-refractivity contribution < 1.29 is 23.5 Å². The summed E-state index contributed by atoms with van der Waals surface area (Å²) < 4.78 is 16.4. The highest BCUT2D eigenvalue weighted by Gasteiger charge is 2.30. The molecule has 0 bridgehead atoms. The molecule has 176 valence electrons. The fraction of sp³-hybridized carbons (Fsp3) is 0.560. The van der Waals surface area contributed by atoms with Crippen LogP contribution in [0.3, 0.4) is 0 Å². The Labute approximate surface area is 189 Å². The zero-order valence-electron chi connectivity index (χ0n) is 20.2. The first kappa shape index (κ1) is 25.4. The summed E-state index contributed by atoms with van der Waals surface area (Å²) in [6, 6.07) is 4.14. The van der Waals surface area contributed by atoms with Crippen molar-refractivity contribution in [2.75, 3.05) is 0 Å². The van der Waals surface area contributed by atoms with Crippen LogP contribution in [0.15, 0.2) is 27.4 Å². The summed E-state index contributed by atoms with van der Waals surface area (Å²) >= 11 is 0. The van der Waals surface area contributed by atoms with Gasteiger partial charge >= 0.3 is 17.7 Å². The molecule has 1 aromatic carbocycles. The van der Waals surface area contributed by atoms with Crippen molar-refractivity contribution in [3.05, 3.63) is 39.7 Å². The van der Waals surface area contributed by atoms with E-state index in [2.05, 4.69) is 12.2 Å². The Morgan fingerprint density at radius 3 is 2.47 bits per heavy atom. The molecule has 1 aromatic heterocycles. The smallest absolute Gasteiger partial charge is 0.408 e. The van der Waals surface area contributed by atoms with E-state index in [9.17, 15) is 14.4 Å². The Hall–Kier alpha value is -2.83. The molecule has 7 nitrogen and oxygen atoms in total. The van der Waals surface area contributed by atoms with Crippen molar-refractivity contribution >= 4 is 23.0 Å². The van der Waals surface area contributed by atoms with Crippen molar-refractivity contribution in [2.24, 2.45) is 5.92 Å². The number of rotatable bonds is 8. The summed E-state index contributed by atoms with van der Waals surface area (Å²) in [6.07, 6.45) is 2.72. The van der Waals surface area contributed by atoms with Crippen molar-refractivity contribution in [1.29, 1.82) is 0 Å². The summed E-state index contributed by atoms with van der Waals surface area (Å²) in [5.74, 6) is -0.482. The number of benzene rings is 1. The molecule has 0 aliphatic heterocycles. The van der Waals surface area contributed by atoms with Crippen LogP contribution in [0.4, 0.5) is 4.79 Å². The van der Waals surface area contributed by atoms with Crippen LogP contribution < -0.4 is 15.7 Å². The molecule has 0 aliphatic rings. The Morgan fingerprint density at radius 2 is 1.88 bits per heavy atom. The number of nitrogens with one attached hydrogen (secondary N) is 1. The maximum atomic E-state index is 13.0. The van der Waals surface area contributed by atoms with E-state index in [0.29, 0.717) is 17.6 Å². The number of unbranched alkanes of at least 4 members (excludes halogenated alkanes) is 1. The van der Waals surface area contributed by atoms with Crippen LogP contribution in [0.1, 0.15) is 71.9 Å². The normalized spacial score (nSPS) is 13.5. The second-order valence-electron chi connectivity index (χ2n) is 9.19. The Bertz CT molecular complexity index is 1020. The average molecular weight is 446 g/mol. The highest BCUT2D eigenvalue weighted by Crippen LogP contribution is 2.29. The summed E-state index contributed by atoms with van der Waals surface area (Å²) in [5.41, 5.74) is 0.777. The van der Waals surface area contributed by atoms with Crippen LogP contribution in [0.5, 0.6) is 5.75 Å². The molecule has 32 heavy (non-hydrogen) atoms. The first-order chi connectivity index (χ1) is 15.0. The second-order valence-corrected chi connectivity index (χ2v) is 9.19. The van der Waals surface area contributed by atoms with Gasteiger partial charge in [0.1, 0.15) is 23.0 Å². The van der Waals surface area contributed by atoms with Crippen LogP contribution in [-0.2, 0) is 16.0 Å². The third-order valence-electron chi connectivity index (χ3n) is 5.35. The van der Waals surface area contributed by atoms with Gasteiger partial charge in [-0.25, -0.2) is 14.4 Å². The van der Waals surface area contributed by atoms with E-state index in [0.717, 1.165) is 30.2 Å². The molecule has 7 heteroatoms. The van der Waals surface area contributed by atoms with Gasteiger partial charge < -0.3 is 19.2 Å². The van der Waals surface area contributed by atoms with Gasteiger partial charge in [0.15, 0.2) is 0 Å². The fourth-order valence-electron chi connectivity index (χ4n) is 3.37. The van der Waals surface area contributed by atoms with Crippen LogP contribution in [0, 0.1) is 12.8 Å². The molecule has 0 fully saturated rings. The molecule has 1 N–H and O–H groups in total. The molecule has 2 unspecified atom stereocenters. The number of esters is 1. The van der Waals surface area contributed by atoms with Gasteiger partial charge in [-0.15, -0.1) is 0 Å². The van der Waals surface area contributed by atoms with Gasteiger partial charge in [-0.1, -0.05) is 33.6 Å². The molecule has 2 aromatic rings. The first-order valence-corrected chi connectivity index (χ1v) is 11.2. The zero-order chi connectivity index (χ0) is 24.1. The van der Waals surface area contributed by atoms with Crippen molar-refractivity contribution in [3.8, 4) is 5.75 Å². The molecule has 0 saturated heterocycles. The number of aryl methyl sites for hydroxylation is 2. The highest BCUT2D eigenvalue weighted by molar-refractivity contribution is 5.88. The van der Waals surface area contributed by atoms with E-state index in [4.69, 9.17) is 13.9 Å². The number of hydrogen-bond acceptors (Lipinski definition) is 6. The monoisotopic (exact) mass is 445 g/mol. The second kappa shape index (κ2) is 10.7. The molecule has 2 atom stereocenters. The predicted molar refractivity (Wildman–Crippen MR) is 124 cm³/mol. The largest absolute Gasteiger partial charge is 0.444 e. The lowest BCUT2D eigenvalue weighted by atomic mass is 9.99. The minimum Gasteiger partial charge on any atom is -0.444 e. The van der Waals surface area contributed by atoms with Crippen LogP contribution in [-0.4, -0.2) is 23.7 Å². The topological polar surface area (TPSA) is 94.8 Å². The number of hydrogen-bond donors (Lipinski definition) is 1. The van der Waals surface area contributed by atoms with E-state index in [1.807, 2.05) is 13.8 Å². The highest BCUT2D eigenvalue weighted by atomic mass is 16.6. The van der Waals surface area contributed by atoms with Gasteiger partial charge in [-0.05, 0) is 64.2 Å². The van der Waals surface area contributed by atoms with Crippen molar-refractivity contribution in [3.63, 3.8) is 0 Å². The molecule has 0 aliphatic carbocycles. The molecular weight excluding hydrogens is 410 g/mol. The summed E-state index contributed by atoms with van der Waals surface area (Å²) in [5, 5.41) is 3.47. The molecule has 0 spiro atoms. The maximum absolute atomic E-state index is 13.0. The lowest BCUT2D eigenvalue weighted by Crippen LogP contribution is -2.48. The Balaban J connectivity index is 2.33. The minimum atomic E-state index is -0.882. The summed E-state index contributed by atoms with van der Waals surface area (Å²) in [4.78, 5) is 37.3. The zero-order valence-corrected chi connectivity index (χ0v) is 20.2. The fourth-order valence-corrected chi connectivity index (χ4v) is 3.37. The lowest BCUT2D eigenvalue weighted by molar-refractivity contribution is -0.138. The average Bonchev–Trinajstić information content (AvgIpc) is 2.70.